The van der Waals surface area contributed by atoms with Crippen molar-refractivity contribution in [3.8, 4) is 22.8 Å². The molecule has 0 aliphatic heterocycles. The molecule has 0 saturated heterocycles. The molecule has 6 heteroatoms. The Morgan fingerprint density at radius 3 is 2.37 bits per heavy atom. The van der Waals surface area contributed by atoms with Crippen LogP contribution in [0.5, 0.6) is 5.75 Å². The van der Waals surface area contributed by atoms with E-state index in [1.807, 2.05) is 31.2 Å². The molecular weight excluding hydrogens is 458 g/mol. The van der Waals surface area contributed by atoms with Crippen molar-refractivity contribution >= 4 is 27.7 Å². The highest BCUT2D eigenvalue weighted by Crippen LogP contribution is 2.31. The van der Waals surface area contributed by atoms with Gasteiger partial charge in [0.25, 0.3) is 0 Å². The van der Waals surface area contributed by atoms with Crippen LogP contribution in [0.25, 0.3) is 17.1 Å². The number of rotatable bonds is 7. The molecule has 0 atom stereocenters. The van der Waals surface area contributed by atoms with Gasteiger partial charge in [-0.15, -0.1) is 10.2 Å². The molecular formula is C24H22BrN3OS. The summed E-state index contributed by atoms with van der Waals surface area (Å²) < 4.78 is 8.75. The summed E-state index contributed by atoms with van der Waals surface area (Å²) in [5.74, 6) is 2.51. The Morgan fingerprint density at radius 1 is 0.933 bits per heavy atom. The lowest BCUT2D eigenvalue weighted by Gasteiger charge is -2.12. The van der Waals surface area contributed by atoms with E-state index in [2.05, 4.69) is 86.1 Å². The summed E-state index contributed by atoms with van der Waals surface area (Å²) >= 11 is 5.20. The van der Waals surface area contributed by atoms with Crippen molar-refractivity contribution in [2.75, 3.05) is 6.61 Å². The lowest BCUT2D eigenvalue weighted by molar-refractivity contribution is 0.340. The molecule has 0 spiro atoms. The minimum absolute atomic E-state index is 0.646. The van der Waals surface area contributed by atoms with Gasteiger partial charge in [0.2, 0.25) is 0 Å². The number of benzene rings is 3. The first kappa shape index (κ1) is 20.7. The molecule has 0 fully saturated rings. The third-order valence-electron chi connectivity index (χ3n) is 4.76. The molecule has 0 N–H and O–H groups in total. The fourth-order valence-electron chi connectivity index (χ4n) is 3.15. The van der Waals surface area contributed by atoms with Gasteiger partial charge in [-0.05, 0) is 61.4 Å². The van der Waals surface area contributed by atoms with Gasteiger partial charge in [0.1, 0.15) is 5.75 Å². The van der Waals surface area contributed by atoms with E-state index in [1.165, 1.54) is 11.1 Å². The Bertz CT molecular complexity index is 1120. The number of thioether (sulfide) groups is 1. The fraction of sp³-hybridized carbons (Fsp3) is 0.167. The van der Waals surface area contributed by atoms with E-state index in [0.717, 1.165) is 38.2 Å². The van der Waals surface area contributed by atoms with Gasteiger partial charge >= 0.3 is 0 Å². The molecule has 0 aliphatic rings. The summed E-state index contributed by atoms with van der Waals surface area (Å²) in [6.45, 7) is 4.77. The van der Waals surface area contributed by atoms with Crippen LogP contribution in [0.4, 0.5) is 0 Å². The van der Waals surface area contributed by atoms with Gasteiger partial charge in [0.05, 0.1) is 6.61 Å². The third kappa shape index (κ3) is 4.60. The summed E-state index contributed by atoms with van der Waals surface area (Å²) in [4.78, 5) is 0. The van der Waals surface area contributed by atoms with Crippen LogP contribution in [0.1, 0.15) is 18.1 Å². The molecule has 4 rings (SSSR count). The lowest BCUT2D eigenvalue weighted by atomic mass is 10.1. The molecule has 0 radical (unpaired) electrons. The van der Waals surface area contributed by atoms with Crippen molar-refractivity contribution in [3.63, 3.8) is 0 Å². The maximum absolute atomic E-state index is 5.60. The van der Waals surface area contributed by atoms with Gasteiger partial charge in [-0.1, -0.05) is 64.1 Å². The second kappa shape index (κ2) is 9.49. The molecule has 30 heavy (non-hydrogen) atoms. The Hall–Kier alpha value is -2.57. The van der Waals surface area contributed by atoms with Crippen molar-refractivity contribution in [1.82, 2.24) is 14.8 Å². The van der Waals surface area contributed by atoms with Crippen LogP contribution in [0.2, 0.25) is 0 Å². The molecule has 0 unspecified atom stereocenters. The smallest absolute Gasteiger partial charge is 0.196 e. The molecule has 4 aromatic rings. The lowest BCUT2D eigenvalue weighted by Crippen LogP contribution is -2.00. The van der Waals surface area contributed by atoms with Crippen LogP contribution in [-0.4, -0.2) is 21.4 Å². The molecule has 3 aromatic carbocycles. The zero-order valence-corrected chi connectivity index (χ0v) is 19.3. The first-order valence-corrected chi connectivity index (χ1v) is 11.6. The van der Waals surface area contributed by atoms with E-state index in [-0.39, 0.29) is 0 Å². The molecule has 0 amide bonds. The molecule has 0 aliphatic carbocycles. The Labute approximate surface area is 189 Å². The summed E-state index contributed by atoms with van der Waals surface area (Å²) in [5.41, 5.74) is 4.61. The minimum Gasteiger partial charge on any atom is -0.494 e. The van der Waals surface area contributed by atoms with Crippen LogP contribution in [0.15, 0.2) is 82.4 Å². The number of nitrogens with zero attached hydrogens (tertiary/aromatic N) is 3. The topological polar surface area (TPSA) is 39.9 Å². The standard InChI is InChI=1S/C24H22BrN3OS/c1-3-29-22-14-12-21(13-15-22)28-23(18-8-10-20(25)11-9-18)26-27-24(28)30-16-19-7-5-4-6-17(19)2/h4-15H,3,16H2,1-2H3. The van der Waals surface area contributed by atoms with Crippen LogP contribution in [-0.2, 0) is 5.75 Å². The number of halogens is 1. The summed E-state index contributed by atoms with van der Waals surface area (Å²) in [5, 5.41) is 9.92. The Morgan fingerprint density at radius 2 is 1.67 bits per heavy atom. The van der Waals surface area contributed by atoms with Gasteiger partial charge in [0, 0.05) is 21.5 Å². The van der Waals surface area contributed by atoms with Gasteiger partial charge in [-0.25, -0.2) is 0 Å². The van der Waals surface area contributed by atoms with Gasteiger partial charge in [-0.2, -0.15) is 0 Å². The van der Waals surface area contributed by atoms with Gasteiger partial charge in [-0.3, -0.25) is 4.57 Å². The average molecular weight is 480 g/mol. The molecule has 152 valence electrons. The van der Waals surface area contributed by atoms with Gasteiger partial charge < -0.3 is 4.74 Å². The normalized spacial score (nSPS) is 10.9. The molecule has 0 bridgehead atoms. The SMILES string of the molecule is CCOc1ccc(-n2c(SCc3ccccc3C)nnc2-c2ccc(Br)cc2)cc1. The number of ether oxygens (including phenoxy) is 1. The van der Waals surface area contributed by atoms with Crippen molar-refractivity contribution in [2.45, 2.75) is 24.8 Å². The molecule has 1 heterocycles. The predicted octanol–water partition coefficient (Wildman–Crippen LogP) is 6.70. The third-order valence-corrected chi connectivity index (χ3v) is 6.27. The van der Waals surface area contributed by atoms with Crippen LogP contribution < -0.4 is 4.74 Å². The van der Waals surface area contributed by atoms with E-state index in [9.17, 15) is 0 Å². The van der Waals surface area contributed by atoms with Crippen LogP contribution >= 0.6 is 27.7 Å². The second-order valence-corrected chi connectivity index (χ2v) is 8.65. The van der Waals surface area contributed by atoms with Gasteiger partial charge in [0.15, 0.2) is 11.0 Å². The van der Waals surface area contributed by atoms with E-state index in [1.54, 1.807) is 11.8 Å². The zero-order chi connectivity index (χ0) is 20.9. The average Bonchev–Trinajstić information content (AvgIpc) is 3.18. The maximum Gasteiger partial charge on any atom is 0.196 e. The molecule has 1 aromatic heterocycles. The molecule has 0 saturated carbocycles. The monoisotopic (exact) mass is 479 g/mol. The van der Waals surface area contributed by atoms with Crippen LogP contribution in [0.3, 0.4) is 0 Å². The largest absolute Gasteiger partial charge is 0.494 e. The number of hydrogen-bond donors (Lipinski definition) is 0. The first-order chi connectivity index (χ1) is 14.7. The summed E-state index contributed by atoms with van der Waals surface area (Å²) in [6.07, 6.45) is 0. The highest BCUT2D eigenvalue weighted by atomic mass is 79.9. The number of aromatic nitrogens is 3. The Balaban J connectivity index is 1.72. The fourth-order valence-corrected chi connectivity index (χ4v) is 4.45. The first-order valence-electron chi connectivity index (χ1n) is 9.77. The van der Waals surface area contributed by atoms with E-state index in [0.29, 0.717) is 6.61 Å². The van der Waals surface area contributed by atoms with E-state index in [4.69, 9.17) is 4.74 Å². The predicted molar refractivity (Wildman–Crippen MR) is 126 cm³/mol. The number of aryl methyl sites for hydroxylation is 1. The summed E-state index contributed by atoms with van der Waals surface area (Å²) in [7, 11) is 0. The highest BCUT2D eigenvalue weighted by molar-refractivity contribution is 9.10. The van der Waals surface area contributed by atoms with Crippen molar-refractivity contribution < 1.29 is 4.74 Å². The van der Waals surface area contributed by atoms with E-state index >= 15 is 0 Å². The van der Waals surface area contributed by atoms with E-state index < -0.39 is 0 Å². The maximum atomic E-state index is 5.60. The van der Waals surface area contributed by atoms with Crippen LogP contribution in [0, 0.1) is 6.92 Å². The Kier molecular flexibility index (Phi) is 6.55. The highest BCUT2D eigenvalue weighted by Gasteiger charge is 2.17. The van der Waals surface area contributed by atoms with Crippen molar-refractivity contribution in [3.05, 3.63) is 88.4 Å². The quantitative estimate of drug-likeness (QED) is 0.276. The number of hydrogen-bond acceptors (Lipinski definition) is 4. The second-order valence-electron chi connectivity index (χ2n) is 6.79. The summed E-state index contributed by atoms with van der Waals surface area (Å²) in [6, 6.07) is 24.7. The van der Waals surface area contributed by atoms with Crippen molar-refractivity contribution in [2.24, 2.45) is 0 Å². The molecule has 4 nitrogen and oxygen atoms in total. The minimum atomic E-state index is 0.646. The zero-order valence-electron chi connectivity index (χ0n) is 16.9. The van der Waals surface area contributed by atoms with Crippen molar-refractivity contribution in [1.29, 1.82) is 0 Å².